The summed E-state index contributed by atoms with van der Waals surface area (Å²) in [5.74, 6) is -0.486. The number of rotatable bonds is 5. The average molecular weight is 345 g/mol. The van der Waals surface area contributed by atoms with E-state index in [1.165, 1.54) is 38.2 Å². The van der Waals surface area contributed by atoms with Crippen molar-refractivity contribution < 1.29 is 14.5 Å². The Morgan fingerprint density at radius 3 is 2.76 bits per heavy atom. The van der Waals surface area contributed by atoms with Crippen LogP contribution in [0.3, 0.4) is 0 Å². The molecule has 1 atom stereocenters. The summed E-state index contributed by atoms with van der Waals surface area (Å²) in [7, 11) is 1.29. The molecule has 1 aromatic rings. The fraction of sp³-hybridized carbons (Fsp3) is 0.500. The van der Waals surface area contributed by atoms with Crippen molar-refractivity contribution in [2.45, 2.75) is 25.3 Å². The van der Waals surface area contributed by atoms with E-state index in [1.54, 1.807) is 12.1 Å². The fourth-order valence-corrected chi connectivity index (χ4v) is 3.66. The van der Waals surface area contributed by atoms with Gasteiger partial charge >= 0.3 is 5.97 Å². The molecular formula is C18H23N3O4. The van der Waals surface area contributed by atoms with E-state index in [2.05, 4.69) is 14.5 Å². The Bertz CT molecular complexity index is 683. The highest BCUT2D eigenvalue weighted by molar-refractivity contribution is 5.87. The highest BCUT2D eigenvalue weighted by Crippen LogP contribution is 2.33. The van der Waals surface area contributed by atoms with Gasteiger partial charge in [0.2, 0.25) is 0 Å². The molecule has 7 nitrogen and oxygen atoms in total. The van der Waals surface area contributed by atoms with E-state index in [9.17, 15) is 14.9 Å². The van der Waals surface area contributed by atoms with Crippen molar-refractivity contribution in [3.05, 3.63) is 40.0 Å². The van der Waals surface area contributed by atoms with Crippen LogP contribution in [0.5, 0.6) is 0 Å². The van der Waals surface area contributed by atoms with Gasteiger partial charge in [0.25, 0.3) is 5.69 Å². The Balaban J connectivity index is 1.78. The number of nitro benzene ring substituents is 1. The Labute approximate surface area is 147 Å². The van der Waals surface area contributed by atoms with Crippen molar-refractivity contribution in [1.82, 2.24) is 4.90 Å². The first-order valence-electron chi connectivity index (χ1n) is 8.62. The van der Waals surface area contributed by atoms with Gasteiger partial charge < -0.3 is 9.64 Å². The standard InChI is InChI=1S/C18H23N3O4/c1-25-18(22)7-5-14-4-6-16(17(12-14)21(23)24)20-11-8-15(13-20)19-9-2-3-10-19/h4-7,12,15H,2-3,8-11,13H2,1H3. The molecule has 134 valence electrons. The third kappa shape index (κ3) is 3.99. The molecule has 7 heteroatoms. The zero-order valence-corrected chi connectivity index (χ0v) is 14.4. The second-order valence-electron chi connectivity index (χ2n) is 6.49. The summed E-state index contributed by atoms with van der Waals surface area (Å²) in [5, 5.41) is 11.5. The number of hydrogen-bond donors (Lipinski definition) is 0. The van der Waals surface area contributed by atoms with Gasteiger partial charge in [0.1, 0.15) is 5.69 Å². The van der Waals surface area contributed by atoms with Crippen LogP contribution in [-0.2, 0) is 9.53 Å². The third-order valence-corrected chi connectivity index (χ3v) is 4.97. The largest absolute Gasteiger partial charge is 0.466 e. The Morgan fingerprint density at radius 2 is 2.08 bits per heavy atom. The van der Waals surface area contributed by atoms with Crippen LogP contribution >= 0.6 is 0 Å². The molecule has 25 heavy (non-hydrogen) atoms. The van der Waals surface area contributed by atoms with Gasteiger partial charge in [-0.05, 0) is 50.1 Å². The number of methoxy groups -OCH3 is 1. The lowest BCUT2D eigenvalue weighted by Gasteiger charge is -2.24. The lowest BCUT2D eigenvalue weighted by molar-refractivity contribution is -0.384. The summed E-state index contributed by atoms with van der Waals surface area (Å²) >= 11 is 0. The van der Waals surface area contributed by atoms with Gasteiger partial charge in [-0.3, -0.25) is 15.0 Å². The molecule has 1 aromatic carbocycles. The summed E-state index contributed by atoms with van der Waals surface area (Å²) in [6.45, 7) is 3.94. The smallest absolute Gasteiger partial charge is 0.330 e. The Hall–Kier alpha value is -2.41. The SMILES string of the molecule is COC(=O)C=Cc1ccc(N2CCC(N3CCCC3)C2)c([N+](=O)[O-])c1. The van der Waals surface area contributed by atoms with E-state index in [0.717, 1.165) is 32.6 Å². The number of likely N-dealkylation sites (tertiary alicyclic amines) is 1. The van der Waals surface area contributed by atoms with E-state index < -0.39 is 5.97 Å². The van der Waals surface area contributed by atoms with Crippen molar-refractivity contribution in [1.29, 1.82) is 0 Å². The van der Waals surface area contributed by atoms with Gasteiger partial charge in [-0.15, -0.1) is 0 Å². The first-order chi connectivity index (χ1) is 12.1. The monoisotopic (exact) mass is 345 g/mol. The van der Waals surface area contributed by atoms with Crippen LogP contribution in [0.25, 0.3) is 6.08 Å². The van der Waals surface area contributed by atoms with Gasteiger partial charge in [-0.2, -0.15) is 0 Å². The minimum absolute atomic E-state index is 0.0779. The summed E-state index contributed by atoms with van der Waals surface area (Å²) in [5.41, 5.74) is 1.34. The minimum Gasteiger partial charge on any atom is -0.466 e. The van der Waals surface area contributed by atoms with Gasteiger partial charge in [0, 0.05) is 31.3 Å². The number of anilines is 1. The van der Waals surface area contributed by atoms with Crippen molar-refractivity contribution in [3.63, 3.8) is 0 Å². The molecule has 0 radical (unpaired) electrons. The van der Waals surface area contributed by atoms with E-state index >= 15 is 0 Å². The van der Waals surface area contributed by atoms with E-state index in [4.69, 9.17) is 0 Å². The van der Waals surface area contributed by atoms with Crippen molar-refractivity contribution in [2.24, 2.45) is 0 Å². The number of benzene rings is 1. The van der Waals surface area contributed by atoms with Crippen molar-refractivity contribution >= 4 is 23.4 Å². The predicted molar refractivity (Wildman–Crippen MR) is 95.6 cm³/mol. The van der Waals surface area contributed by atoms with E-state index in [1.807, 2.05) is 0 Å². The normalized spacial score (nSPS) is 21.2. The summed E-state index contributed by atoms with van der Waals surface area (Å²) in [6.07, 6.45) is 6.33. The van der Waals surface area contributed by atoms with Crippen LogP contribution in [-0.4, -0.2) is 55.1 Å². The van der Waals surface area contributed by atoms with Gasteiger partial charge in [0.05, 0.1) is 12.0 Å². The first-order valence-corrected chi connectivity index (χ1v) is 8.62. The van der Waals surface area contributed by atoms with E-state index in [-0.39, 0.29) is 10.6 Å². The Morgan fingerprint density at radius 1 is 1.32 bits per heavy atom. The molecule has 0 aliphatic carbocycles. The molecule has 2 aliphatic rings. The van der Waals surface area contributed by atoms with Crippen LogP contribution in [0.1, 0.15) is 24.8 Å². The predicted octanol–water partition coefficient (Wildman–Crippen LogP) is 2.46. The molecule has 2 saturated heterocycles. The summed E-state index contributed by atoms with van der Waals surface area (Å²) in [6, 6.07) is 5.57. The molecule has 2 fully saturated rings. The number of hydrogen-bond acceptors (Lipinski definition) is 6. The molecule has 0 spiro atoms. The lowest BCUT2D eigenvalue weighted by atomic mass is 10.1. The molecule has 3 rings (SSSR count). The zero-order chi connectivity index (χ0) is 17.8. The lowest BCUT2D eigenvalue weighted by Crippen LogP contribution is -2.35. The second-order valence-corrected chi connectivity index (χ2v) is 6.49. The Kier molecular flexibility index (Phi) is 5.33. The van der Waals surface area contributed by atoms with Crippen LogP contribution in [0.2, 0.25) is 0 Å². The van der Waals surface area contributed by atoms with Gasteiger partial charge in [-0.1, -0.05) is 6.07 Å². The van der Waals surface area contributed by atoms with Crippen LogP contribution in [0.15, 0.2) is 24.3 Å². The van der Waals surface area contributed by atoms with E-state index in [0.29, 0.717) is 17.3 Å². The summed E-state index contributed by atoms with van der Waals surface area (Å²) in [4.78, 5) is 27.0. The maximum absolute atomic E-state index is 11.5. The number of carbonyl (C=O) groups excluding carboxylic acids is 1. The van der Waals surface area contributed by atoms with Crippen LogP contribution in [0, 0.1) is 10.1 Å². The molecule has 2 aliphatic heterocycles. The topological polar surface area (TPSA) is 75.9 Å². The van der Waals surface area contributed by atoms with Crippen LogP contribution < -0.4 is 4.90 Å². The third-order valence-electron chi connectivity index (χ3n) is 4.97. The number of carbonyl (C=O) groups is 1. The van der Waals surface area contributed by atoms with Gasteiger partial charge in [-0.25, -0.2) is 4.79 Å². The zero-order valence-electron chi connectivity index (χ0n) is 14.4. The fourth-order valence-electron chi connectivity index (χ4n) is 3.66. The van der Waals surface area contributed by atoms with Crippen molar-refractivity contribution in [3.8, 4) is 0 Å². The quantitative estimate of drug-likeness (QED) is 0.353. The molecule has 2 heterocycles. The molecular weight excluding hydrogens is 322 g/mol. The maximum atomic E-state index is 11.5. The molecule has 0 bridgehead atoms. The molecule has 0 saturated carbocycles. The number of nitro groups is 1. The number of esters is 1. The first kappa shape index (κ1) is 17.4. The molecule has 1 unspecified atom stereocenters. The molecule has 0 N–H and O–H groups in total. The highest BCUT2D eigenvalue weighted by atomic mass is 16.6. The van der Waals surface area contributed by atoms with Crippen LogP contribution in [0.4, 0.5) is 11.4 Å². The highest BCUT2D eigenvalue weighted by Gasteiger charge is 2.32. The maximum Gasteiger partial charge on any atom is 0.330 e. The second kappa shape index (κ2) is 7.65. The van der Waals surface area contributed by atoms with Crippen molar-refractivity contribution in [2.75, 3.05) is 38.2 Å². The molecule has 0 amide bonds. The van der Waals surface area contributed by atoms with Gasteiger partial charge in [0.15, 0.2) is 0 Å². The number of ether oxygens (including phenoxy) is 1. The average Bonchev–Trinajstić information content (AvgIpc) is 3.30. The number of nitrogens with zero attached hydrogens (tertiary/aromatic N) is 3. The molecule has 0 aromatic heterocycles. The summed E-state index contributed by atoms with van der Waals surface area (Å²) < 4.78 is 4.54. The minimum atomic E-state index is -0.486.